The van der Waals surface area contributed by atoms with Crippen LogP contribution in [0, 0.1) is 5.82 Å². The highest BCUT2D eigenvalue weighted by molar-refractivity contribution is 9.10. The maximum absolute atomic E-state index is 13.1. The first-order valence-electron chi connectivity index (χ1n) is 8.45. The van der Waals surface area contributed by atoms with E-state index in [1.54, 1.807) is 48.5 Å². The van der Waals surface area contributed by atoms with Gasteiger partial charge in [0.15, 0.2) is 0 Å². The number of nitrogens with zero attached hydrogens (tertiary/aromatic N) is 1. The summed E-state index contributed by atoms with van der Waals surface area (Å²) in [7, 11) is 0. The van der Waals surface area contributed by atoms with Crippen molar-refractivity contribution in [3.05, 3.63) is 82.3 Å². The van der Waals surface area contributed by atoms with Gasteiger partial charge in [-0.1, -0.05) is 15.9 Å². The number of halogens is 2. The molecule has 4 rings (SSSR count). The minimum atomic E-state index is -0.828. The summed E-state index contributed by atoms with van der Waals surface area (Å²) in [6.45, 7) is 0. The lowest BCUT2D eigenvalue weighted by Crippen LogP contribution is -2.54. The molecule has 1 aromatic heterocycles. The molecule has 0 unspecified atom stereocenters. The summed E-state index contributed by atoms with van der Waals surface area (Å²) >= 11 is 3.29. The first-order valence-corrected chi connectivity index (χ1v) is 9.24. The van der Waals surface area contributed by atoms with Crippen molar-refractivity contribution in [1.29, 1.82) is 0 Å². The molecule has 1 fully saturated rings. The van der Waals surface area contributed by atoms with Crippen LogP contribution in [0.25, 0.3) is 17.4 Å². The number of carbonyl (C=O) groups is 3. The summed E-state index contributed by atoms with van der Waals surface area (Å²) in [4.78, 5) is 38.1. The van der Waals surface area contributed by atoms with Gasteiger partial charge in [0.1, 0.15) is 22.9 Å². The van der Waals surface area contributed by atoms with Crippen LogP contribution >= 0.6 is 15.9 Å². The van der Waals surface area contributed by atoms with Gasteiger partial charge in [-0.25, -0.2) is 14.1 Å². The minimum Gasteiger partial charge on any atom is -0.457 e. The Balaban J connectivity index is 1.66. The van der Waals surface area contributed by atoms with Crippen molar-refractivity contribution in [2.45, 2.75) is 0 Å². The first-order chi connectivity index (χ1) is 13.9. The largest absolute Gasteiger partial charge is 0.457 e. The molecule has 1 aliphatic heterocycles. The van der Waals surface area contributed by atoms with Gasteiger partial charge in [0.05, 0.1) is 5.69 Å². The number of carbonyl (C=O) groups excluding carboxylic acids is 3. The van der Waals surface area contributed by atoms with Crippen LogP contribution in [0.5, 0.6) is 0 Å². The highest BCUT2D eigenvalue weighted by Gasteiger charge is 2.37. The number of urea groups is 1. The second kappa shape index (κ2) is 7.48. The monoisotopic (exact) mass is 454 g/mol. The maximum Gasteiger partial charge on any atom is 0.335 e. The summed E-state index contributed by atoms with van der Waals surface area (Å²) in [5.74, 6) is -1.26. The Morgan fingerprint density at radius 3 is 2.31 bits per heavy atom. The van der Waals surface area contributed by atoms with Crippen molar-refractivity contribution in [3.63, 3.8) is 0 Å². The number of amides is 4. The number of rotatable bonds is 3. The molecule has 0 atom stereocenters. The average Bonchev–Trinajstić information content (AvgIpc) is 3.16. The van der Waals surface area contributed by atoms with E-state index in [4.69, 9.17) is 4.42 Å². The van der Waals surface area contributed by atoms with Crippen LogP contribution < -0.4 is 10.2 Å². The average molecular weight is 455 g/mol. The van der Waals surface area contributed by atoms with Gasteiger partial charge in [0, 0.05) is 10.0 Å². The van der Waals surface area contributed by atoms with Crippen LogP contribution in [-0.2, 0) is 9.59 Å². The van der Waals surface area contributed by atoms with Gasteiger partial charge in [-0.15, -0.1) is 0 Å². The summed E-state index contributed by atoms with van der Waals surface area (Å²) < 4.78 is 19.5. The third-order valence-corrected chi connectivity index (χ3v) is 4.76. The molecular formula is C21H12BrFN2O4. The van der Waals surface area contributed by atoms with E-state index in [1.807, 2.05) is 0 Å². The molecule has 2 heterocycles. The zero-order valence-electron chi connectivity index (χ0n) is 14.7. The summed E-state index contributed by atoms with van der Waals surface area (Å²) in [5, 5.41) is 2.15. The number of barbiturate groups is 1. The Labute approximate surface area is 172 Å². The lowest BCUT2D eigenvalue weighted by atomic mass is 10.1. The molecule has 29 heavy (non-hydrogen) atoms. The molecule has 0 saturated carbocycles. The van der Waals surface area contributed by atoms with E-state index < -0.39 is 17.8 Å². The molecule has 1 aliphatic rings. The maximum atomic E-state index is 13.1. The summed E-state index contributed by atoms with van der Waals surface area (Å²) in [5.41, 5.74) is 0.718. The third-order valence-electron chi connectivity index (χ3n) is 4.23. The molecule has 144 valence electrons. The van der Waals surface area contributed by atoms with Gasteiger partial charge in [-0.05, 0) is 66.7 Å². The van der Waals surface area contributed by atoms with Gasteiger partial charge < -0.3 is 4.42 Å². The predicted octanol–water partition coefficient (Wildman–Crippen LogP) is 4.51. The van der Waals surface area contributed by atoms with Crippen molar-refractivity contribution >= 4 is 45.5 Å². The van der Waals surface area contributed by atoms with Crippen LogP contribution in [0.3, 0.4) is 0 Å². The number of hydrogen-bond donors (Lipinski definition) is 1. The van der Waals surface area contributed by atoms with Gasteiger partial charge in [0.2, 0.25) is 0 Å². The molecule has 0 spiro atoms. The summed E-state index contributed by atoms with van der Waals surface area (Å²) in [6, 6.07) is 14.6. The standard InChI is InChI=1S/C21H12BrFN2O4/c22-13-3-7-15(8-4-13)25-20(27)17(19(26)24-21(25)28)11-16-9-10-18(29-16)12-1-5-14(23)6-2-12/h1-11H,(H,24,26,28)/b17-11+. The molecule has 3 aromatic rings. The highest BCUT2D eigenvalue weighted by atomic mass is 79.9. The van der Waals surface area contributed by atoms with Gasteiger partial charge >= 0.3 is 6.03 Å². The Morgan fingerprint density at radius 2 is 1.62 bits per heavy atom. The molecule has 0 bridgehead atoms. The van der Waals surface area contributed by atoms with E-state index in [-0.39, 0.29) is 17.2 Å². The molecule has 8 heteroatoms. The lowest BCUT2D eigenvalue weighted by molar-refractivity contribution is -0.122. The lowest BCUT2D eigenvalue weighted by Gasteiger charge is -2.26. The SMILES string of the molecule is O=C1NC(=O)N(c2ccc(Br)cc2)C(=O)/C1=C/c1ccc(-c2ccc(F)cc2)o1. The Hall–Kier alpha value is -3.52. The van der Waals surface area contributed by atoms with E-state index in [0.717, 1.165) is 9.37 Å². The van der Waals surface area contributed by atoms with Crippen molar-refractivity contribution in [2.24, 2.45) is 0 Å². The quantitative estimate of drug-likeness (QED) is 0.466. The van der Waals surface area contributed by atoms with Crippen LogP contribution in [0.1, 0.15) is 5.76 Å². The number of anilines is 1. The number of imide groups is 2. The smallest absolute Gasteiger partial charge is 0.335 e. The van der Waals surface area contributed by atoms with Crippen LogP contribution in [-0.4, -0.2) is 17.8 Å². The molecule has 1 N–H and O–H groups in total. The zero-order chi connectivity index (χ0) is 20.5. The van der Waals surface area contributed by atoms with Crippen LogP contribution in [0.4, 0.5) is 14.9 Å². The van der Waals surface area contributed by atoms with Gasteiger partial charge in [0.25, 0.3) is 11.8 Å². The first kappa shape index (κ1) is 18.8. The van der Waals surface area contributed by atoms with Crippen LogP contribution in [0.15, 0.2) is 75.1 Å². The van der Waals surface area contributed by atoms with Gasteiger partial charge in [-0.2, -0.15) is 0 Å². The van der Waals surface area contributed by atoms with E-state index in [2.05, 4.69) is 21.2 Å². The fraction of sp³-hybridized carbons (Fsp3) is 0. The van der Waals surface area contributed by atoms with Crippen LogP contribution in [0.2, 0.25) is 0 Å². The number of benzene rings is 2. The molecular weight excluding hydrogens is 443 g/mol. The molecule has 1 saturated heterocycles. The molecule has 0 aliphatic carbocycles. The second-order valence-electron chi connectivity index (χ2n) is 6.14. The fourth-order valence-corrected chi connectivity index (χ4v) is 3.09. The second-order valence-corrected chi connectivity index (χ2v) is 7.06. The fourth-order valence-electron chi connectivity index (χ4n) is 2.82. The third kappa shape index (κ3) is 3.74. The normalized spacial score (nSPS) is 15.7. The van der Waals surface area contributed by atoms with Crippen molar-refractivity contribution in [3.8, 4) is 11.3 Å². The van der Waals surface area contributed by atoms with Crippen molar-refractivity contribution < 1.29 is 23.2 Å². The van der Waals surface area contributed by atoms with E-state index >= 15 is 0 Å². The van der Waals surface area contributed by atoms with Crippen molar-refractivity contribution in [2.75, 3.05) is 4.90 Å². The minimum absolute atomic E-state index is 0.243. The molecule has 0 radical (unpaired) electrons. The number of furan rings is 1. The Bertz CT molecular complexity index is 1150. The number of nitrogens with one attached hydrogen (secondary N) is 1. The van der Waals surface area contributed by atoms with Gasteiger partial charge in [-0.3, -0.25) is 14.9 Å². The highest BCUT2D eigenvalue weighted by Crippen LogP contribution is 2.26. The predicted molar refractivity (Wildman–Crippen MR) is 107 cm³/mol. The van der Waals surface area contributed by atoms with Crippen molar-refractivity contribution in [1.82, 2.24) is 5.32 Å². The molecule has 6 nitrogen and oxygen atoms in total. The van der Waals surface area contributed by atoms with E-state index in [0.29, 0.717) is 17.0 Å². The molecule has 2 aromatic carbocycles. The van der Waals surface area contributed by atoms with E-state index in [9.17, 15) is 18.8 Å². The Morgan fingerprint density at radius 1 is 0.931 bits per heavy atom. The topological polar surface area (TPSA) is 79.6 Å². The Kier molecular flexibility index (Phi) is 4.85. The zero-order valence-corrected chi connectivity index (χ0v) is 16.3. The molecule has 4 amide bonds. The summed E-state index contributed by atoms with van der Waals surface area (Å²) in [6.07, 6.45) is 1.27. The number of hydrogen-bond acceptors (Lipinski definition) is 4. The van der Waals surface area contributed by atoms with E-state index in [1.165, 1.54) is 18.2 Å².